The molecule has 0 fully saturated rings. The summed E-state index contributed by atoms with van der Waals surface area (Å²) in [7, 11) is 0. The Morgan fingerprint density at radius 1 is 0.906 bits per heavy atom. The van der Waals surface area contributed by atoms with Gasteiger partial charge in [-0.05, 0) is 23.9 Å². The minimum absolute atomic E-state index is 0. The van der Waals surface area contributed by atoms with E-state index in [0.717, 1.165) is 22.6 Å². The molecule has 4 aromatic heterocycles. The number of nitrogens with two attached hydrogens (primary N) is 1. The van der Waals surface area contributed by atoms with Crippen molar-refractivity contribution in [1.29, 1.82) is 0 Å². The number of fused-ring (bicyclic) bond motifs is 1. The van der Waals surface area contributed by atoms with Crippen LogP contribution in [0.2, 0.25) is 0 Å². The molecule has 5 aromatic rings. The van der Waals surface area contributed by atoms with Crippen molar-refractivity contribution in [1.82, 2.24) is 29.5 Å². The molecule has 0 radical (unpaired) electrons. The zero-order valence-corrected chi connectivity index (χ0v) is 19.1. The molecule has 0 bridgehead atoms. The molecule has 5 rings (SSSR count). The van der Waals surface area contributed by atoms with Crippen molar-refractivity contribution in [2.75, 3.05) is 5.73 Å². The van der Waals surface area contributed by atoms with Gasteiger partial charge in [-0.1, -0.05) is 18.2 Å². The Morgan fingerprint density at radius 3 is 2.47 bits per heavy atom. The van der Waals surface area contributed by atoms with Crippen LogP contribution < -0.4 is 5.73 Å². The van der Waals surface area contributed by atoms with Gasteiger partial charge in [0.25, 0.3) is 0 Å². The molecule has 0 aliphatic rings. The van der Waals surface area contributed by atoms with Crippen LogP contribution in [0.4, 0.5) is 5.82 Å². The maximum atomic E-state index is 6.83. The quantitative estimate of drug-likeness (QED) is 0.252. The minimum Gasteiger partial charge on any atom is -0.692 e. The monoisotopic (exact) mass is 598 g/mol. The average Bonchev–Trinajstić information content (AvgIpc) is 3.25. The van der Waals surface area contributed by atoms with Gasteiger partial charge >= 0.3 is 21.1 Å². The first-order valence-corrected chi connectivity index (χ1v) is 9.42. The predicted molar refractivity (Wildman–Crippen MR) is 119 cm³/mol. The number of aromatic nitrogens is 6. The normalized spacial score (nSPS) is 9.84. The first kappa shape index (κ1) is 22.8. The molecule has 0 aliphatic heterocycles. The number of anilines is 1. The molecule has 0 aliphatic carbocycles. The van der Waals surface area contributed by atoms with Crippen LogP contribution in [-0.2, 0) is 27.6 Å². The van der Waals surface area contributed by atoms with Crippen molar-refractivity contribution < 1.29 is 21.1 Å². The van der Waals surface area contributed by atoms with Crippen LogP contribution >= 0.6 is 0 Å². The van der Waals surface area contributed by atoms with Crippen LogP contribution in [0.1, 0.15) is 0 Å². The van der Waals surface area contributed by atoms with Crippen molar-refractivity contribution in [3.8, 4) is 28.6 Å². The van der Waals surface area contributed by atoms with E-state index in [1.54, 1.807) is 17.1 Å². The van der Waals surface area contributed by atoms with Crippen molar-refractivity contribution in [2.24, 2.45) is 0 Å². The number of nitrogen functional groups attached to an aromatic ring is 1. The van der Waals surface area contributed by atoms with Crippen LogP contribution in [-0.4, -0.2) is 29.5 Å². The van der Waals surface area contributed by atoms with Gasteiger partial charge in [0.05, 0.1) is 17.7 Å². The summed E-state index contributed by atoms with van der Waals surface area (Å²) < 4.78 is 1.68. The maximum Gasteiger partial charge on any atom is 2.00 e. The first-order valence-electron chi connectivity index (χ1n) is 9.42. The Hall–Kier alpha value is -3.88. The van der Waals surface area contributed by atoms with E-state index in [4.69, 9.17) is 12.2 Å². The molecular weight excluding hydrogens is 581 g/mol. The van der Waals surface area contributed by atoms with Crippen LogP contribution in [0.15, 0.2) is 79.5 Å². The number of imidazole rings is 1. The molecule has 0 amide bonds. The molecule has 158 valence electrons. The Bertz CT molecular complexity index is 1270. The Kier molecular flexibility index (Phi) is 7.79. The van der Waals surface area contributed by atoms with E-state index in [9.17, 15) is 0 Å². The molecule has 32 heavy (non-hydrogen) atoms. The number of hydrogen-bond acceptors (Lipinski definition) is 6. The maximum absolute atomic E-state index is 6.83. The molecule has 8 heteroatoms. The summed E-state index contributed by atoms with van der Waals surface area (Å²) in [6.45, 7) is 0.326. The number of hydrogen-bond donors (Lipinski definition) is 1. The molecule has 1 aromatic carbocycles. The van der Waals surface area contributed by atoms with Gasteiger partial charge in [0, 0.05) is 12.7 Å². The van der Waals surface area contributed by atoms with Crippen molar-refractivity contribution in [3.05, 3.63) is 92.0 Å². The predicted octanol–water partition coefficient (Wildman–Crippen LogP) is 3.61. The molecule has 0 saturated carbocycles. The Labute approximate surface area is 200 Å². The molecule has 4 heterocycles. The largest absolute Gasteiger partial charge is 2.00 e. The summed E-state index contributed by atoms with van der Waals surface area (Å²) in [5.74, 6) is 2.61. The van der Waals surface area contributed by atoms with Gasteiger partial charge in [-0.25, -0.2) is 15.0 Å². The van der Waals surface area contributed by atoms with E-state index in [0.29, 0.717) is 23.5 Å². The Morgan fingerprint density at radius 2 is 1.72 bits per heavy atom. The second kappa shape index (κ2) is 10.9. The fraction of sp³-hybridized carbons (Fsp3) is 0.0417. The number of rotatable bonds is 3. The first-order chi connectivity index (χ1) is 15.3. The SMILES string of the molecule is [C-]#CCn1cnc2c(N)ncnc21.[Pt+2].[c-]1ccccc1-c1cccc(-c2ccccn2)n1. The number of benzene rings is 1. The van der Waals surface area contributed by atoms with Crippen LogP contribution in [0.25, 0.3) is 33.8 Å². The molecule has 0 spiro atoms. The van der Waals surface area contributed by atoms with Gasteiger partial charge in [-0.3, -0.25) is 9.97 Å². The third-order valence-electron chi connectivity index (χ3n) is 4.34. The molecule has 0 atom stereocenters. The topological polar surface area (TPSA) is 95.4 Å². The zero-order valence-electron chi connectivity index (χ0n) is 16.8. The molecule has 0 saturated heterocycles. The number of nitrogens with zero attached hydrogens (tertiary/aromatic N) is 6. The van der Waals surface area contributed by atoms with E-state index in [1.807, 2.05) is 60.7 Å². The second-order valence-electron chi connectivity index (χ2n) is 6.38. The van der Waals surface area contributed by atoms with Gasteiger partial charge in [0.2, 0.25) is 0 Å². The summed E-state index contributed by atoms with van der Waals surface area (Å²) in [6.07, 6.45) is 11.6. The molecule has 0 unspecified atom stereocenters. The minimum atomic E-state index is 0. The van der Waals surface area contributed by atoms with Crippen LogP contribution in [0.3, 0.4) is 0 Å². The summed E-state index contributed by atoms with van der Waals surface area (Å²) >= 11 is 0. The van der Waals surface area contributed by atoms with Crippen molar-refractivity contribution >= 4 is 17.0 Å². The number of pyridine rings is 2. The van der Waals surface area contributed by atoms with Gasteiger partial charge in [0.15, 0.2) is 11.5 Å². The average molecular weight is 599 g/mol. The van der Waals surface area contributed by atoms with E-state index >= 15 is 0 Å². The summed E-state index contributed by atoms with van der Waals surface area (Å²) in [6, 6.07) is 22.8. The molecule has 2 N–H and O–H groups in total. The second-order valence-corrected chi connectivity index (χ2v) is 6.38. The van der Waals surface area contributed by atoms with Gasteiger partial charge < -0.3 is 22.6 Å². The fourth-order valence-electron chi connectivity index (χ4n) is 2.89. The van der Waals surface area contributed by atoms with Crippen molar-refractivity contribution in [2.45, 2.75) is 6.54 Å². The third-order valence-corrected chi connectivity index (χ3v) is 4.34. The molecule has 7 nitrogen and oxygen atoms in total. The smallest absolute Gasteiger partial charge is 0.692 e. The van der Waals surface area contributed by atoms with Crippen LogP contribution in [0.5, 0.6) is 0 Å². The van der Waals surface area contributed by atoms with E-state index in [-0.39, 0.29) is 21.1 Å². The van der Waals surface area contributed by atoms with Crippen LogP contribution in [0, 0.1) is 18.4 Å². The van der Waals surface area contributed by atoms with Crippen molar-refractivity contribution in [3.63, 3.8) is 0 Å². The van der Waals surface area contributed by atoms with E-state index in [2.05, 4.69) is 36.9 Å². The summed E-state index contributed by atoms with van der Waals surface area (Å²) in [5, 5.41) is 0. The van der Waals surface area contributed by atoms with E-state index < -0.39 is 0 Å². The Balaban J connectivity index is 0.000000184. The van der Waals surface area contributed by atoms with E-state index in [1.165, 1.54) is 6.33 Å². The fourth-order valence-corrected chi connectivity index (χ4v) is 2.89. The third kappa shape index (κ3) is 5.23. The zero-order chi connectivity index (χ0) is 21.5. The summed E-state index contributed by atoms with van der Waals surface area (Å²) in [4.78, 5) is 20.8. The standard InChI is InChI=1S/C16H11N2.C8H6N5.Pt/c1-2-7-13(8-3-1)14-10-6-11-16(18-14)15-9-4-5-12-17-15;1-2-3-13-5-12-6-7(9)10-4-11-8(6)13;/h1-7,9-12H;4-5H,3H2,(H2,9,10,11);/q2*-1;+2. The van der Waals surface area contributed by atoms with Gasteiger partial charge in [0.1, 0.15) is 11.8 Å². The van der Waals surface area contributed by atoms with Gasteiger partial charge in [-0.2, -0.15) is 0 Å². The van der Waals surface area contributed by atoms with Gasteiger partial charge in [-0.15, -0.1) is 35.9 Å². The molecular formula is C24H17N7Pt. The summed E-state index contributed by atoms with van der Waals surface area (Å²) in [5.41, 5.74) is 10.4.